The summed E-state index contributed by atoms with van der Waals surface area (Å²) in [5.74, 6) is 0.944. The van der Waals surface area contributed by atoms with E-state index in [1.54, 1.807) is 6.92 Å². The first kappa shape index (κ1) is 18.9. The minimum Gasteiger partial charge on any atom is -0.465 e. The highest BCUT2D eigenvalue weighted by Crippen LogP contribution is 2.13. The third-order valence-corrected chi connectivity index (χ3v) is 3.36. The second-order valence-electron chi connectivity index (χ2n) is 6.08. The Morgan fingerprint density at radius 3 is 2.20 bits per heavy atom. The summed E-state index contributed by atoms with van der Waals surface area (Å²) in [5, 5.41) is 2.96. The van der Waals surface area contributed by atoms with E-state index in [0.29, 0.717) is 24.9 Å². The molecule has 2 atom stereocenters. The number of rotatable bonds is 10. The fourth-order valence-electron chi connectivity index (χ4n) is 1.82. The molecule has 0 aliphatic carbocycles. The third kappa shape index (κ3) is 9.82. The SMILES string of the molecule is CCC(=O)OCC(C)CCCC(C)CNC(=O)C(C)C. The predicted molar refractivity (Wildman–Crippen MR) is 81.3 cm³/mol. The maximum Gasteiger partial charge on any atom is 0.305 e. The fraction of sp³-hybridized carbons (Fsp3) is 0.875. The molecule has 4 nitrogen and oxygen atoms in total. The molecule has 4 heteroatoms. The summed E-state index contributed by atoms with van der Waals surface area (Å²) in [6.07, 6.45) is 3.69. The molecular formula is C16H31NO3. The van der Waals surface area contributed by atoms with Crippen LogP contribution in [0.3, 0.4) is 0 Å². The zero-order valence-electron chi connectivity index (χ0n) is 13.7. The second kappa shape index (κ2) is 10.7. The number of carbonyl (C=O) groups excluding carboxylic acids is 2. The lowest BCUT2D eigenvalue weighted by atomic mass is 9.99. The zero-order chi connectivity index (χ0) is 15.5. The van der Waals surface area contributed by atoms with E-state index in [9.17, 15) is 9.59 Å². The summed E-state index contributed by atoms with van der Waals surface area (Å²) in [4.78, 5) is 22.5. The smallest absolute Gasteiger partial charge is 0.305 e. The largest absolute Gasteiger partial charge is 0.465 e. The van der Waals surface area contributed by atoms with Gasteiger partial charge in [-0.1, -0.05) is 41.0 Å². The zero-order valence-corrected chi connectivity index (χ0v) is 13.7. The van der Waals surface area contributed by atoms with Crippen LogP contribution in [0.2, 0.25) is 0 Å². The summed E-state index contributed by atoms with van der Waals surface area (Å²) in [5.41, 5.74) is 0. The topological polar surface area (TPSA) is 55.4 Å². The van der Waals surface area contributed by atoms with E-state index >= 15 is 0 Å². The molecule has 0 aromatic heterocycles. The first-order valence-corrected chi connectivity index (χ1v) is 7.80. The van der Waals surface area contributed by atoms with Gasteiger partial charge < -0.3 is 10.1 Å². The standard InChI is InChI=1S/C16H31NO3/c1-6-15(18)20-11-14(5)9-7-8-13(4)10-17-16(19)12(2)3/h12-14H,6-11H2,1-5H3,(H,17,19). The molecule has 2 unspecified atom stereocenters. The number of ether oxygens (including phenoxy) is 1. The molecular weight excluding hydrogens is 254 g/mol. The molecule has 0 bridgehead atoms. The Morgan fingerprint density at radius 2 is 1.65 bits per heavy atom. The van der Waals surface area contributed by atoms with E-state index in [0.717, 1.165) is 25.8 Å². The number of esters is 1. The van der Waals surface area contributed by atoms with Crippen molar-refractivity contribution in [1.29, 1.82) is 0 Å². The molecule has 0 aromatic rings. The van der Waals surface area contributed by atoms with Crippen molar-refractivity contribution in [1.82, 2.24) is 5.32 Å². The van der Waals surface area contributed by atoms with Gasteiger partial charge in [0.05, 0.1) is 6.61 Å². The van der Waals surface area contributed by atoms with Gasteiger partial charge in [0.1, 0.15) is 0 Å². The molecule has 0 saturated carbocycles. The molecule has 0 aromatic carbocycles. The van der Waals surface area contributed by atoms with Crippen LogP contribution in [0.25, 0.3) is 0 Å². The van der Waals surface area contributed by atoms with E-state index in [1.165, 1.54) is 0 Å². The number of hydrogen-bond acceptors (Lipinski definition) is 3. The lowest BCUT2D eigenvalue weighted by molar-refractivity contribution is -0.144. The van der Waals surface area contributed by atoms with Gasteiger partial charge in [0.2, 0.25) is 5.91 Å². The van der Waals surface area contributed by atoms with Crippen molar-refractivity contribution in [3.63, 3.8) is 0 Å². The van der Waals surface area contributed by atoms with Crippen molar-refractivity contribution in [2.75, 3.05) is 13.2 Å². The van der Waals surface area contributed by atoms with Crippen molar-refractivity contribution < 1.29 is 14.3 Å². The van der Waals surface area contributed by atoms with E-state index in [-0.39, 0.29) is 17.8 Å². The number of carbonyl (C=O) groups is 2. The van der Waals surface area contributed by atoms with Crippen LogP contribution >= 0.6 is 0 Å². The summed E-state index contributed by atoms with van der Waals surface area (Å²) < 4.78 is 5.12. The lowest BCUT2D eigenvalue weighted by Gasteiger charge is -2.16. The van der Waals surface area contributed by atoms with Crippen LogP contribution < -0.4 is 5.32 Å². The molecule has 0 saturated heterocycles. The van der Waals surface area contributed by atoms with Crippen molar-refractivity contribution in [3.8, 4) is 0 Å². The maximum atomic E-state index is 11.4. The van der Waals surface area contributed by atoms with Crippen LogP contribution in [-0.4, -0.2) is 25.0 Å². The summed E-state index contributed by atoms with van der Waals surface area (Å²) >= 11 is 0. The number of nitrogens with one attached hydrogen (secondary N) is 1. The first-order chi connectivity index (χ1) is 9.36. The van der Waals surface area contributed by atoms with Gasteiger partial charge in [0.15, 0.2) is 0 Å². The molecule has 0 aliphatic rings. The third-order valence-electron chi connectivity index (χ3n) is 3.36. The highest BCUT2D eigenvalue weighted by molar-refractivity contribution is 5.77. The van der Waals surface area contributed by atoms with Crippen molar-refractivity contribution in [2.24, 2.45) is 17.8 Å². The van der Waals surface area contributed by atoms with Crippen molar-refractivity contribution in [2.45, 2.75) is 60.3 Å². The van der Waals surface area contributed by atoms with Crippen LogP contribution in [0, 0.1) is 17.8 Å². The predicted octanol–water partition coefficient (Wildman–Crippen LogP) is 3.15. The Labute approximate surface area is 123 Å². The Morgan fingerprint density at radius 1 is 1.05 bits per heavy atom. The number of amides is 1. The van der Waals surface area contributed by atoms with Gasteiger partial charge >= 0.3 is 5.97 Å². The minimum absolute atomic E-state index is 0.0514. The van der Waals surface area contributed by atoms with Gasteiger partial charge in [-0.15, -0.1) is 0 Å². The highest BCUT2D eigenvalue weighted by Gasteiger charge is 2.10. The van der Waals surface area contributed by atoms with Crippen LogP contribution in [0.5, 0.6) is 0 Å². The molecule has 0 heterocycles. The van der Waals surface area contributed by atoms with Gasteiger partial charge in [-0.2, -0.15) is 0 Å². The molecule has 0 rings (SSSR count). The average Bonchev–Trinajstić information content (AvgIpc) is 2.41. The monoisotopic (exact) mass is 285 g/mol. The average molecular weight is 285 g/mol. The van der Waals surface area contributed by atoms with Crippen molar-refractivity contribution in [3.05, 3.63) is 0 Å². The highest BCUT2D eigenvalue weighted by atomic mass is 16.5. The maximum absolute atomic E-state index is 11.4. The molecule has 0 aliphatic heterocycles. The van der Waals surface area contributed by atoms with Crippen molar-refractivity contribution >= 4 is 11.9 Å². The molecule has 118 valence electrons. The molecule has 1 amide bonds. The lowest BCUT2D eigenvalue weighted by Crippen LogP contribution is -2.31. The Balaban J connectivity index is 3.62. The Hall–Kier alpha value is -1.06. The van der Waals surface area contributed by atoms with Gasteiger partial charge in [0.25, 0.3) is 0 Å². The first-order valence-electron chi connectivity index (χ1n) is 7.80. The Kier molecular flexibility index (Phi) is 10.1. The van der Waals surface area contributed by atoms with E-state index < -0.39 is 0 Å². The second-order valence-corrected chi connectivity index (χ2v) is 6.08. The van der Waals surface area contributed by atoms with E-state index in [4.69, 9.17) is 4.74 Å². The summed E-state index contributed by atoms with van der Waals surface area (Å²) in [7, 11) is 0. The molecule has 0 fully saturated rings. The van der Waals surface area contributed by atoms with Gasteiger partial charge in [-0.05, 0) is 24.7 Å². The molecule has 20 heavy (non-hydrogen) atoms. The summed E-state index contributed by atoms with van der Waals surface area (Å²) in [6.45, 7) is 11.1. The van der Waals surface area contributed by atoms with E-state index in [1.807, 2.05) is 13.8 Å². The minimum atomic E-state index is -0.124. The normalized spacial score (nSPS) is 13.9. The van der Waals surface area contributed by atoms with Crippen LogP contribution in [0.1, 0.15) is 60.3 Å². The quantitative estimate of drug-likeness (QED) is 0.627. The summed E-state index contributed by atoms with van der Waals surface area (Å²) in [6, 6.07) is 0. The molecule has 0 spiro atoms. The van der Waals surface area contributed by atoms with Crippen LogP contribution in [0.15, 0.2) is 0 Å². The number of hydrogen-bond donors (Lipinski definition) is 1. The van der Waals surface area contributed by atoms with Gasteiger partial charge in [0, 0.05) is 18.9 Å². The fourth-order valence-corrected chi connectivity index (χ4v) is 1.82. The van der Waals surface area contributed by atoms with Gasteiger partial charge in [-0.25, -0.2) is 0 Å². The van der Waals surface area contributed by atoms with E-state index in [2.05, 4.69) is 19.2 Å². The van der Waals surface area contributed by atoms with Gasteiger partial charge in [-0.3, -0.25) is 9.59 Å². The Bertz CT molecular complexity index is 289. The van der Waals surface area contributed by atoms with Crippen LogP contribution in [-0.2, 0) is 14.3 Å². The van der Waals surface area contributed by atoms with Crippen LogP contribution in [0.4, 0.5) is 0 Å². The molecule has 1 N–H and O–H groups in total. The molecule has 0 radical (unpaired) electrons.